The molecule has 2 bridgehead atoms. The van der Waals surface area contributed by atoms with Gasteiger partial charge in [-0.25, -0.2) is 5.06 Å². The normalized spacial score (nSPS) is 26.4. The summed E-state index contributed by atoms with van der Waals surface area (Å²) < 4.78 is 11.9. The van der Waals surface area contributed by atoms with E-state index >= 15 is 0 Å². The average Bonchev–Trinajstić information content (AvgIpc) is 3.28. The van der Waals surface area contributed by atoms with Crippen molar-refractivity contribution >= 4 is 17.7 Å². The van der Waals surface area contributed by atoms with Gasteiger partial charge in [-0.1, -0.05) is 31.9 Å². The zero-order valence-electron chi connectivity index (χ0n) is 17.7. The topological polar surface area (TPSA) is 59.0 Å². The molecule has 2 heterocycles. The number of allylic oxidation sites excluding steroid dienone is 1. The maximum absolute atomic E-state index is 11.3. The molecular weight excluding hydrogens is 374 g/mol. The minimum atomic E-state index is -0.261. The van der Waals surface area contributed by atoms with E-state index in [-0.39, 0.29) is 5.91 Å². The van der Waals surface area contributed by atoms with Crippen molar-refractivity contribution in [2.45, 2.75) is 76.9 Å². The number of fused-ring (bicyclic) bond motifs is 2. The van der Waals surface area contributed by atoms with Crippen LogP contribution in [-0.4, -0.2) is 60.2 Å². The van der Waals surface area contributed by atoms with E-state index in [2.05, 4.69) is 19.1 Å². The first-order valence-corrected chi connectivity index (χ1v) is 12.2. The fourth-order valence-electron chi connectivity index (χ4n) is 4.36. The second-order valence-corrected chi connectivity index (χ2v) is 9.17. The van der Waals surface area contributed by atoms with Crippen LogP contribution in [0.25, 0.3) is 0 Å². The first-order valence-electron chi connectivity index (χ1n) is 11.0. The highest BCUT2D eigenvalue weighted by atomic mass is 32.2. The number of unbranched alkanes of at least 4 members (excludes halogenated alkanes) is 2. The Morgan fingerprint density at radius 2 is 1.93 bits per heavy atom. The van der Waals surface area contributed by atoms with Gasteiger partial charge in [0.25, 0.3) is 0 Å². The third-order valence-corrected chi connectivity index (χ3v) is 6.88. The minimum Gasteiger partial charge on any atom is -0.381 e. The van der Waals surface area contributed by atoms with E-state index < -0.39 is 0 Å². The van der Waals surface area contributed by atoms with Crippen molar-refractivity contribution in [2.75, 3.05) is 31.8 Å². The first kappa shape index (κ1) is 23.7. The number of hydrogen-bond acceptors (Lipinski definition) is 5. The van der Waals surface area contributed by atoms with Crippen molar-refractivity contribution in [1.82, 2.24) is 5.06 Å². The molecular formula is C22H39NO4S. The van der Waals surface area contributed by atoms with Crippen molar-refractivity contribution in [3.63, 3.8) is 0 Å². The third kappa shape index (κ3) is 8.05. The molecule has 2 rings (SSSR count). The summed E-state index contributed by atoms with van der Waals surface area (Å²) >= 11 is 2.04. The smallest absolute Gasteiger partial charge is 0.245 e. The molecule has 2 aliphatic heterocycles. The standard InChI is InChI=1S/C22H39NO4S/c1-3-4-5-6-7-16-28-17-13-19-18(20-10-11-21(19)27-20)12-15-26-14-8-9-22(24)23(2)25/h6-7,18-21,25H,3-5,8-17H2,1-2H3. The molecule has 28 heavy (non-hydrogen) atoms. The summed E-state index contributed by atoms with van der Waals surface area (Å²) in [5, 5.41) is 9.68. The predicted molar refractivity (Wildman–Crippen MR) is 115 cm³/mol. The minimum absolute atomic E-state index is 0.261. The molecule has 162 valence electrons. The molecule has 2 saturated heterocycles. The number of rotatable bonds is 15. The van der Waals surface area contributed by atoms with Gasteiger partial charge in [0.05, 0.1) is 12.2 Å². The second-order valence-electron chi connectivity index (χ2n) is 8.02. The largest absolute Gasteiger partial charge is 0.381 e. The van der Waals surface area contributed by atoms with E-state index in [9.17, 15) is 4.79 Å². The van der Waals surface area contributed by atoms with Crippen molar-refractivity contribution < 1.29 is 19.5 Å². The van der Waals surface area contributed by atoms with Gasteiger partial charge in [0.2, 0.25) is 5.91 Å². The summed E-state index contributed by atoms with van der Waals surface area (Å²) in [6.45, 7) is 3.55. The lowest BCUT2D eigenvalue weighted by atomic mass is 9.76. The quantitative estimate of drug-likeness (QED) is 0.183. The van der Waals surface area contributed by atoms with Gasteiger partial charge in [-0.15, -0.1) is 0 Å². The van der Waals surface area contributed by atoms with Crippen LogP contribution in [0.15, 0.2) is 12.2 Å². The highest BCUT2D eigenvalue weighted by Crippen LogP contribution is 2.46. The highest BCUT2D eigenvalue weighted by Gasteiger charge is 2.47. The highest BCUT2D eigenvalue weighted by molar-refractivity contribution is 7.99. The maximum Gasteiger partial charge on any atom is 0.245 e. The lowest BCUT2D eigenvalue weighted by Gasteiger charge is -2.28. The zero-order chi connectivity index (χ0) is 20.2. The van der Waals surface area contributed by atoms with Crippen LogP contribution in [0.1, 0.15) is 64.7 Å². The van der Waals surface area contributed by atoms with E-state index in [4.69, 9.17) is 14.7 Å². The molecule has 5 nitrogen and oxygen atoms in total. The Morgan fingerprint density at radius 1 is 1.18 bits per heavy atom. The number of carbonyl (C=O) groups is 1. The van der Waals surface area contributed by atoms with Crippen LogP contribution < -0.4 is 0 Å². The summed E-state index contributed by atoms with van der Waals surface area (Å²) in [4.78, 5) is 11.3. The van der Waals surface area contributed by atoms with Crippen LogP contribution in [0.4, 0.5) is 0 Å². The summed E-state index contributed by atoms with van der Waals surface area (Å²) in [5.74, 6) is 3.39. The first-order chi connectivity index (χ1) is 13.6. The fraction of sp³-hybridized carbons (Fsp3) is 0.864. The summed E-state index contributed by atoms with van der Waals surface area (Å²) in [5.41, 5.74) is 0. The Kier molecular flexibility index (Phi) is 11.5. The van der Waals surface area contributed by atoms with E-state index in [0.717, 1.165) is 18.8 Å². The predicted octanol–water partition coefficient (Wildman–Crippen LogP) is 4.68. The van der Waals surface area contributed by atoms with Crippen LogP contribution in [0, 0.1) is 11.8 Å². The van der Waals surface area contributed by atoms with Crippen LogP contribution >= 0.6 is 11.8 Å². The fourth-order valence-corrected chi connectivity index (χ4v) is 5.24. The lowest BCUT2D eigenvalue weighted by molar-refractivity contribution is -0.159. The molecule has 0 aliphatic carbocycles. The molecule has 6 heteroatoms. The van der Waals surface area contributed by atoms with Crippen LogP contribution in [0.3, 0.4) is 0 Å². The molecule has 4 unspecified atom stereocenters. The Bertz CT molecular complexity index is 471. The van der Waals surface area contributed by atoms with Crippen molar-refractivity contribution in [1.29, 1.82) is 0 Å². The third-order valence-electron chi connectivity index (χ3n) is 5.93. The number of nitrogens with zero attached hydrogens (tertiary/aromatic N) is 1. The van der Waals surface area contributed by atoms with Gasteiger partial charge in [-0.3, -0.25) is 10.0 Å². The molecule has 2 fully saturated rings. The Hall–Kier alpha value is -0.560. The molecule has 2 aliphatic rings. The van der Waals surface area contributed by atoms with Gasteiger partial charge in [0.15, 0.2) is 0 Å². The second kappa shape index (κ2) is 13.6. The van der Waals surface area contributed by atoms with Crippen LogP contribution in [-0.2, 0) is 14.3 Å². The van der Waals surface area contributed by atoms with Crippen molar-refractivity contribution in [3.8, 4) is 0 Å². The van der Waals surface area contributed by atoms with Crippen molar-refractivity contribution in [2.24, 2.45) is 11.8 Å². The van der Waals surface area contributed by atoms with E-state index in [1.807, 2.05) is 11.8 Å². The van der Waals surface area contributed by atoms with E-state index in [1.54, 1.807) is 0 Å². The number of ether oxygens (including phenoxy) is 2. The van der Waals surface area contributed by atoms with Gasteiger partial charge in [0.1, 0.15) is 0 Å². The number of thioether (sulfide) groups is 1. The Balaban J connectivity index is 1.57. The number of amides is 1. The number of hydrogen-bond donors (Lipinski definition) is 1. The molecule has 0 saturated carbocycles. The van der Waals surface area contributed by atoms with Crippen molar-refractivity contribution in [3.05, 3.63) is 12.2 Å². The maximum atomic E-state index is 11.3. The molecule has 0 aromatic carbocycles. The van der Waals surface area contributed by atoms with Gasteiger partial charge in [0, 0.05) is 32.4 Å². The molecule has 0 aromatic rings. The van der Waals surface area contributed by atoms with Gasteiger partial charge in [-0.2, -0.15) is 11.8 Å². The van der Waals surface area contributed by atoms with Gasteiger partial charge < -0.3 is 9.47 Å². The Morgan fingerprint density at radius 3 is 2.64 bits per heavy atom. The summed E-state index contributed by atoms with van der Waals surface area (Å²) in [7, 11) is 1.36. The molecule has 4 atom stereocenters. The molecule has 1 amide bonds. The molecule has 0 spiro atoms. The summed E-state index contributed by atoms with van der Waals surface area (Å²) in [6.07, 6.45) is 15.0. The Labute approximate surface area is 175 Å². The lowest BCUT2D eigenvalue weighted by Crippen LogP contribution is -2.29. The van der Waals surface area contributed by atoms with E-state index in [1.165, 1.54) is 51.3 Å². The molecule has 0 radical (unpaired) electrons. The molecule has 1 N–H and O–H groups in total. The summed E-state index contributed by atoms with van der Waals surface area (Å²) in [6, 6.07) is 0. The SMILES string of the molecule is CCCCC=CCSCCC1C2CCC(O2)C1CCOCCCC(=O)N(C)O. The zero-order valence-corrected chi connectivity index (χ0v) is 18.5. The van der Waals surface area contributed by atoms with Crippen LogP contribution in [0.5, 0.6) is 0 Å². The number of hydroxylamine groups is 2. The number of carbonyl (C=O) groups excluding carboxylic acids is 1. The van der Waals surface area contributed by atoms with Gasteiger partial charge in [-0.05, 0) is 56.1 Å². The van der Waals surface area contributed by atoms with Crippen LogP contribution in [0.2, 0.25) is 0 Å². The van der Waals surface area contributed by atoms with E-state index in [0.29, 0.717) is 48.6 Å². The monoisotopic (exact) mass is 413 g/mol. The molecule has 0 aromatic heterocycles. The average molecular weight is 414 g/mol. The van der Waals surface area contributed by atoms with Gasteiger partial charge >= 0.3 is 0 Å².